The van der Waals surface area contributed by atoms with Gasteiger partial charge in [0.15, 0.2) is 5.82 Å². The van der Waals surface area contributed by atoms with Gasteiger partial charge in [-0.3, -0.25) is 0 Å². The lowest BCUT2D eigenvalue weighted by Gasteiger charge is -2.02. The summed E-state index contributed by atoms with van der Waals surface area (Å²) >= 11 is 6.70. The van der Waals surface area contributed by atoms with Gasteiger partial charge in [0, 0.05) is 16.9 Å². The lowest BCUT2D eigenvalue weighted by atomic mass is 10.3. The molecule has 0 saturated carbocycles. The third-order valence-corrected chi connectivity index (χ3v) is 3.08. The van der Waals surface area contributed by atoms with Gasteiger partial charge in [-0.25, -0.2) is 9.67 Å². The minimum atomic E-state index is 0.805. The molecule has 0 amide bonds. The van der Waals surface area contributed by atoms with E-state index in [4.69, 9.17) is 0 Å². The highest BCUT2D eigenvalue weighted by molar-refractivity contribution is 9.10. The minimum Gasteiger partial charge on any atom is -0.236 e. The molecule has 2 aromatic heterocycles. The van der Waals surface area contributed by atoms with Crippen molar-refractivity contribution in [3.05, 3.63) is 39.2 Å². The highest BCUT2D eigenvalue weighted by Crippen LogP contribution is 2.17. The van der Waals surface area contributed by atoms with Crippen LogP contribution in [0, 0.1) is 6.92 Å². The van der Waals surface area contributed by atoms with Crippen molar-refractivity contribution in [1.29, 1.82) is 0 Å². The van der Waals surface area contributed by atoms with Crippen LogP contribution in [0.25, 0.3) is 5.82 Å². The second-order valence-electron chi connectivity index (χ2n) is 2.87. The van der Waals surface area contributed by atoms with Gasteiger partial charge < -0.3 is 0 Å². The van der Waals surface area contributed by atoms with E-state index >= 15 is 0 Å². The van der Waals surface area contributed by atoms with Gasteiger partial charge in [0.2, 0.25) is 0 Å². The molecule has 2 aromatic rings. The number of hydrogen-bond donors (Lipinski definition) is 0. The van der Waals surface area contributed by atoms with E-state index in [9.17, 15) is 0 Å². The Kier molecular flexibility index (Phi) is 2.69. The van der Waals surface area contributed by atoms with Crippen LogP contribution < -0.4 is 0 Å². The molecule has 0 aliphatic carbocycles. The molecule has 0 spiro atoms. The third kappa shape index (κ3) is 1.88. The number of pyridine rings is 1. The van der Waals surface area contributed by atoms with Crippen molar-refractivity contribution < 1.29 is 0 Å². The summed E-state index contributed by atoms with van der Waals surface area (Å²) in [6, 6.07) is 3.85. The molecule has 2 heterocycles. The average molecular weight is 317 g/mol. The standard InChI is InChI=1S/C9H7Br2N3/c1-6-4-9(12-5-7(6)10)14-3-2-8(11)13-14/h2-5H,1H3. The fourth-order valence-corrected chi connectivity index (χ4v) is 1.58. The van der Waals surface area contributed by atoms with Crippen molar-refractivity contribution >= 4 is 31.9 Å². The smallest absolute Gasteiger partial charge is 0.153 e. The Morgan fingerprint density at radius 1 is 1.36 bits per heavy atom. The Labute approximate surface area is 98.4 Å². The van der Waals surface area contributed by atoms with Crippen molar-refractivity contribution in [2.45, 2.75) is 6.92 Å². The second kappa shape index (κ2) is 3.82. The van der Waals surface area contributed by atoms with Crippen LogP contribution >= 0.6 is 31.9 Å². The van der Waals surface area contributed by atoms with E-state index in [1.807, 2.05) is 25.3 Å². The number of aryl methyl sites for hydroxylation is 1. The summed E-state index contributed by atoms with van der Waals surface area (Å²) in [6.07, 6.45) is 3.64. The maximum absolute atomic E-state index is 4.26. The molecule has 0 saturated heterocycles. The molecule has 2 rings (SSSR count). The van der Waals surface area contributed by atoms with Crippen LogP contribution in [0.2, 0.25) is 0 Å². The van der Waals surface area contributed by atoms with Gasteiger partial charge in [0.25, 0.3) is 0 Å². The topological polar surface area (TPSA) is 30.7 Å². The molecule has 3 nitrogen and oxygen atoms in total. The first-order valence-electron chi connectivity index (χ1n) is 4.00. The van der Waals surface area contributed by atoms with Crippen molar-refractivity contribution in [2.24, 2.45) is 0 Å². The fraction of sp³-hybridized carbons (Fsp3) is 0.111. The van der Waals surface area contributed by atoms with E-state index in [1.54, 1.807) is 10.9 Å². The zero-order valence-corrected chi connectivity index (χ0v) is 10.6. The van der Waals surface area contributed by atoms with Crippen LogP contribution in [0.1, 0.15) is 5.56 Å². The maximum Gasteiger partial charge on any atom is 0.153 e. The zero-order valence-electron chi connectivity index (χ0n) is 7.41. The summed E-state index contributed by atoms with van der Waals surface area (Å²) in [4.78, 5) is 4.26. The van der Waals surface area contributed by atoms with E-state index in [2.05, 4.69) is 41.9 Å². The number of halogens is 2. The summed E-state index contributed by atoms with van der Waals surface area (Å²) in [5.74, 6) is 0.816. The number of rotatable bonds is 1. The Balaban J connectivity index is 2.47. The van der Waals surface area contributed by atoms with E-state index in [-0.39, 0.29) is 0 Å². The van der Waals surface area contributed by atoms with Crippen molar-refractivity contribution in [2.75, 3.05) is 0 Å². The molecule has 0 aliphatic heterocycles. The Hall–Kier alpha value is -0.680. The highest BCUT2D eigenvalue weighted by atomic mass is 79.9. The van der Waals surface area contributed by atoms with Crippen LogP contribution in [0.15, 0.2) is 33.6 Å². The van der Waals surface area contributed by atoms with Gasteiger partial charge >= 0.3 is 0 Å². The first-order valence-corrected chi connectivity index (χ1v) is 5.59. The molecule has 0 aromatic carbocycles. The molecule has 0 unspecified atom stereocenters. The van der Waals surface area contributed by atoms with Crippen LogP contribution in [0.5, 0.6) is 0 Å². The molecule has 0 fully saturated rings. The second-order valence-corrected chi connectivity index (χ2v) is 4.54. The van der Waals surface area contributed by atoms with Gasteiger partial charge in [-0.1, -0.05) is 0 Å². The third-order valence-electron chi connectivity index (χ3n) is 1.82. The molecular formula is C9H7Br2N3. The van der Waals surface area contributed by atoms with E-state index in [0.29, 0.717) is 0 Å². The van der Waals surface area contributed by atoms with Crippen LogP contribution in [-0.2, 0) is 0 Å². The first kappa shape index (κ1) is 9.86. The summed E-state index contributed by atoms with van der Waals surface area (Å²) in [5, 5.41) is 4.21. The lowest BCUT2D eigenvalue weighted by Crippen LogP contribution is -1.98. The summed E-state index contributed by atoms with van der Waals surface area (Å²) < 4.78 is 3.54. The normalized spacial score (nSPS) is 10.5. The fourth-order valence-electron chi connectivity index (χ4n) is 1.08. The van der Waals surface area contributed by atoms with Gasteiger partial charge in [0.1, 0.15) is 4.60 Å². The van der Waals surface area contributed by atoms with E-state index < -0.39 is 0 Å². The van der Waals surface area contributed by atoms with Gasteiger partial charge in [-0.2, -0.15) is 5.10 Å². The molecule has 0 N–H and O–H groups in total. The molecule has 0 bridgehead atoms. The van der Waals surface area contributed by atoms with Crippen LogP contribution in [-0.4, -0.2) is 14.8 Å². The number of aromatic nitrogens is 3. The van der Waals surface area contributed by atoms with Gasteiger partial charge in [0.05, 0.1) is 0 Å². The minimum absolute atomic E-state index is 0.805. The van der Waals surface area contributed by atoms with Gasteiger partial charge in [-0.15, -0.1) is 0 Å². The average Bonchev–Trinajstić information content (AvgIpc) is 2.57. The quantitative estimate of drug-likeness (QED) is 0.809. The highest BCUT2D eigenvalue weighted by Gasteiger charge is 2.02. The molecule has 0 aliphatic rings. The number of hydrogen-bond acceptors (Lipinski definition) is 2. The predicted molar refractivity (Wildman–Crippen MR) is 61.5 cm³/mol. The molecule has 5 heteroatoms. The molecule has 0 atom stereocenters. The van der Waals surface area contributed by atoms with Gasteiger partial charge in [-0.05, 0) is 56.5 Å². The summed E-state index contributed by atoms with van der Waals surface area (Å²) in [5.41, 5.74) is 1.14. The SMILES string of the molecule is Cc1cc(-n2ccc(Br)n2)ncc1Br. The predicted octanol–water partition coefficient (Wildman–Crippen LogP) is 3.10. The van der Waals surface area contributed by atoms with Crippen LogP contribution in [0.4, 0.5) is 0 Å². The summed E-state index contributed by atoms with van der Waals surface area (Å²) in [7, 11) is 0. The lowest BCUT2D eigenvalue weighted by molar-refractivity contribution is 0.835. The number of nitrogens with zero attached hydrogens (tertiary/aromatic N) is 3. The molecular weight excluding hydrogens is 310 g/mol. The summed E-state index contributed by atoms with van der Waals surface area (Å²) in [6.45, 7) is 2.02. The Morgan fingerprint density at radius 2 is 2.14 bits per heavy atom. The van der Waals surface area contributed by atoms with Crippen molar-refractivity contribution in [3.63, 3.8) is 0 Å². The van der Waals surface area contributed by atoms with E-state index in [1.165, 1.54) is 0 Å². The molecule has 14 heavy (non-hydrogen) atoms. The maximum atomic E-state index is 4.26. The van der Waals surface area contributed by atoms with Crippen molar-refractivity contribution in [3.8, 4) is 5.82 Å². The first-order chi connectivity index (χ1) is 6.66. The molecule has 0 radical (unpaired) electrons. The largest absolute Gasteiger partial charge is 0.236 e. The zero-order chi connectivity index (χ0) is 10.1. The Morgan fingerprint density at radius 3 is 2.71 bits per heavy atom. The Bertz CT molecular complexity index is 465. The van der Waals surface area contributed by atoms with Crippen molar-refractivity contribution in [1.82, 2.24) is 14.8 Å². The van der Waals surface area contributed by atoms with E-state index in [0.717, 1.165) is 20.5 Å². The molecule has 72 valence electrons. The monoisotopic (exact) mass is 315 g/mol. The van der Waals surface area contributed by atoms with Crippen LogP contribution in [0.3, 0.4) is 0 Å².